The highest BCUT2D eigenvalue weighted by Crippen LogP contribution is 2.48. The first-order valence-corrected chi connectivity index (χ1v) is 20.8. The summed E-state index contributed by atoms with van der Waals surface area (Å²) in [5.74, 6) is 0. The van der Waals surface area contributed by atoms with Crippen LogP contribution < -0.4 is 4.90 Å². The van der Waals surface area contributed by atoms with Gasteiger partial charge in [0.2, 0.25) is 0 Å². The number of fused-ring (bicyclic) bond motifs is 7. The van der Waals surface area contributed by atoms with Gasteiger partial charge in [-0.05, 0) is 105 Å². The number of aromatic nitrogens is 1. The topological polar surface area (TPSA) is 21.3 Å². The lowest BCUT2D eigenvalue weighted by Gasteiger charge is -2.29. The lowest BCUT2D eigenvalue weighted by molar-refractivity contribution is 0.669. The quantitative estimate of drug-likeness (QED) is 0.161. The molecular formula is C58H38N2O. The highest BCUT2D eigenvalue weighted by Gasteiger charge is 2.24. The Balaban J connectivity index is 1.11. The molecule has 12 aromatic rings. The third-order valence-corrected chi connectivity index (χ3v) is 12.2. The average Bonchev–Trinajstić information content (AvgIpc) is 3.88. The van der Waals surface area contributed by atoms with Crippen LogP contribution in [0.15, 0.2) is 235 Å². The summed E-state index contributed by atoms with van der Waals surface area (Å²) >= 11 is 0. The molecule has 2 aromatic heterocycles. The Hall–Kier alpha value is -8.14. The van der Waals surface area contributed by atoms with Gasteiger partial charge >= 0.3 is 0 Å². The van der Waals surface area contributed by atoms with Crippen LogP contribution in [-0.2, 0) is 0 Å². The van der Waals surface area contributed by atoms with E-state index in [1.165, 1.54) is 43.8 Å². The summed E-state index contributed by atoms with van der Waals surface area (Å²) in [6.45, 7) is 0. The zero-order chi connectivity index (χ0) is 40.3. The van der Waals surface area contributed by atoms with Gasteiger partial charge in [0.25, 0.3) is 0 Å². The van der Waals surface area contributed by atoms with Gasteiger partial charge in [-0.25, -0.2) is 0 Å². The second kappa shape index (κ2) is 14.3. The van der Waals surface area contributed by atoms with Crippen molar-refractivity contribution in [1.29, 1.82) is 0 Å². The highest BCUT2D eigenvalue weighted by molar-refractivity contribution is 6.17. The summed E-state index contributed by atoms with van der Waals surface area (Å²) < 4.78 is 8.58. The summed E-state index contributed by atoms with van der Waals surface area (Å²) in [4.78, 5) is 2.47. The maximum Gasteiger partial charge on any atom is 0.135 e. The molecule has 3 heteroatoms. The second-order valence-electron chi connectivity index (χ2n) is 15.6. The number of rotatable bonds is 7. The van der Waals surface area contributed by atoms with Crippen molar-refractivity contribution in [3.8, 4) is 39.1 Å². The molecule has 3 nitrogen and oxygen atoms in total. The van der Waals surface area contributed by atoms with Crippen LogP contribution in [0.1, 0.15) is 0 Å². The largest absolute Gasteiger partial charge is 0.456 e. The van der Waals surface area contributed by atoms with Gasteiger partial charge in [-0.1, -0.05) is 164 Å². The number of anilines is 3. The van der Waals surface area contributed by atoms with Crippen LogP contribution in [0, 0.1) is 0 Å². The van der Waals surface area contributed by atoms with Gasteiger partial charge in [0.05, 0.1) is 22.4 Å². The third kappa shape index (κ3) is 5.74. The number of hydrogen-bond donors (Lipinski definition) is 0. The normalized spacial score (nSPS) is 11.6. The zero-order valence-electron chi connectivity index (χ0n) is 33.2. The minimum absolute atomic E-state index is 0.899. The first-order chi connectivity index (χ1) is 30.3. The average molecular weight is 779 g/mol. The van der Waals surface area contributed by atoms with Gasteiger partial charge < -0.3 is 13.9 Å². The second-order valence-corrected chi connectivity index (χ2v) is 15.6. The third-order valence-electron chi connectivity index (χ3n) is 12.2. The van der Waals surface area contributed by atoms with Gasteiger partial charge in [0.1, 0.15) is 11.2 Å². The summed E-state index contributed by atoms with van der Waals surface area (Å²) in [6, 6.07) is 83.1. The van der Waals surface area contributed by atoms with Gasteiger partial charge in [-0.15, -0.1) is 0 Å². The SMILES string of the molecule is c1ccc(-c2cccc3cccc(-c4ccccc4N(c4ccc(-c5ccc6oc7ccccc7c6c5)cc4)c4cccc5c4c4ccccc4n5-c4ccccc4)c23)cc1. The van der Waals surface area contributed by atoms with E-state index in [-0.39, 0.29) is 0 Å². The minimum Gasteiger partial charge on any atom is -0.456 e. The van der Waals surface area contributed by atoms with E-state index in [0.29, 0.717) is 0 Å². The van der Waals surface area contributed by atoms with Crippen LogP contribution in [-0.4, -0.2) is 4.57 Å². The minimum atomic E-state index is 0.899. The van der Waals surface area contributed by atoms with Crippen LogP contribution in [0.2, 0.25) is 0 Å². The standard InChI is InChI=1S/C58H38N2O/c1-3-16-40(17-4-1)45-25-13-18-41-19-14-26-48(57(41)45)46-22-7-10-27-51(46)60(44-35-32-39(33-36-44)42-34-37-56-50(38-42)47-23-9-12-31-55(47)61-56)54-30-15-29-53-58(54)49-24-8-11-28-52(49)59(53)43-20-5-2-6-21-43/h1-38H. The van der Waals surface area contributed by atoms with Crippen LogP contribution >= 0.6 is 0 Å². The van der Waals surface area contributed by atoms with Crippen LogP contribution in [0.3, 0.4) is 0 Å². The molecule has 0 saturated carbocycles. The van der Waals surface area contributed by atoms with Gasteiger partial charge in [0, 0.05) is 38.5 Å². The first kappa shape index (κ1) is 34.9. The van der Waals surface area contributed by atoms with Crippen molar-refractivity contribution in [2.24, 2.45) is 0 Å². The molecule has 0 aliphatic carbocycles. The molecule has 0 bridgehead atoms. The molecule has 61 heavy (non-hydrogen) atoms. The molecule has 0 aliphatic heterocycles. The van der Waals surface area contributed by atoms with Crippen molar-refractivity contribution < 1.29 is 4.42 Å². The summed E-state index contributed by atoms with van der Waals surface area (Å²) in [5.41, 5.74) is 15.6. The number of nitrogens with zero attached hydrogens (tertiary/aromatic N) is 2. The van der Waals surface area contributed by atoms with Crippen LogP contribution in [0.25, 0.3) is 93.6 Å². The smallest absolute Gasteiger partial charge is 0.135 e. The molecule has 0 saturated heterocycles. The van der Waals surface area contributed by atoms with Crippen molar-refractivity contribution in [3.63, 3.8) is 0 Å². The summed E-state index contributed by atoms with van der Waals surface area (Å²) in [7, 11) is 0. The van der Waals surface area contributed by atoms with E-state index in [1.54, 1.807) is 0 Å². The van der Waals surface area contributed by atoms with Gasteiger partial charge in [-0.2, -0.15) is 0 Å². The fourth-order valence-corrected chi connectivity index (χ4v) is 9.48. The predicted molar refractivity (Wildman–Crippen MR) is 257 cm³/mol. The fraction of sp³-hybridized carbons (Fsp3) is 0. The molecule has 0 atom stereocenters. The van der Waals surface area contributed by atoms with Crippen LogP contribution in [0.4, 0.5) is 17.1 Å². The maximum atomic E-state index is 6.19. The Morgan fingerprint density at radius 2 is 0.951 bits per heavy atom. The molecule has 0 N–H and O–H groups in total. The fourth-order valence-electron chi connectivity index (χ4n) is 9.48. The number of furan rings is 1. The molecule has 2 heterocycles. The van der Waals surface area contributed by atoms with Crippen molar-refractivity contribution in [2.45, 2.75) is 0 Å². The lowest BCUT2D eigenvalue weighted by Crippen LogP contribution is -2.12. The Morgan fingerprint density at radius 1 is 0.344 bits per heavy atom. The van der Waals surface area contributed by atoms with E-state index >= 15 is 0 Å². The van der Waals surface area contributed by atoms with E-state index in [0.717, 1.165) is 66.9 Å². The summed E-state index contributed by atoms with van der Waals surface area (Å²) in [6.07, 6.45) is 0. The van der Waals surface area contributed by atoms with Crippen molar-refractivity contribution in [2.75, 3.05) is 4.90 Å². The maximum absolute atomic E-state index is 6.19. The molecule has 0 aliphatic rings. The van der Waals surface area contributed by atoms with Gasteiger partial charge in [-0.3, -0.25) is 0 Å². The molecule has 0 amide bonds. The monoisotopic (exact) mass is 778 g/mol. The Bertz CT molecular complexity index is 3580. The van der Waals surface area contributed by atoms with E-state index < -0.39 is 0 Å². The van der Waals surface area contributed by atoms with E-state index in [4.69, 9.17) is 4.42 Å². The molecule has 0 spiro atoms. The zero-order valence-corrected chi connectivity index (χ0v) is 33.2. The Morgan fingerprint density at radius 3 is 1.79 bits per heavy atom. The van der Waals surface area contributed by atoms with Gasteiger partial charge in [0.15, 0.2) is 0 Å². The number of benzene rings is 10. The Labute approximate surface area is 353 Å². The van der Waals surface area contributed by atoms with Crippen LogP contribution in [0.5, 0.6) is 0 Å². The lowest BCUT2D eigenvalue weighted by atomic mass is 9.90. The highest BCUT2D eigenvalue weighted by atomic mass is 16.3. The van der Waals surface area contributed by atoms with E-state index in [2.05, 4.69) is 228 Å². The first-order valence-electron chi connectivity index (χ1n) is 20.8. The number of hydrogen-bond acceptors (Lipinski definition) is 2. The van der Waals surface area contributed by atoms with E-state index in [1.807, 2.05) is 12.1 Å². The van der Waals surface area contributed by atoms with Crippen molar-refractivity contribution in [1.82, 2.24) is 4.57 Å². The number of para-hydroxylation sites is 4. The van der Waals surface area contributed by atoms with Crippen molar-refractivity contribution in [3.05, 3.63) is 231 Å². The van der Waals surface area contributed by atoms with E-state index in [9.17, 15) is 0 Å². The molecule has 0 fully saturated rings. The summed E-state index contributed by atoms with van der Waals surface area (Å²) in [5, 5.41) is 7.10. The predicted octanol–water partition coefficient (Wildman–Crippen LogP) is 16.3. The molecule has 10 aromatic carbocycles. The molecule has 0 unspecified atom stereocenters. The molecule has 286 valence electrons. The molecular weight excluding hydrogens is 741 g/mol. The van der Waals surface area contributed by atoms with Crippen molar-refractivity contribution >= 4 is 71.6 Å². The Kier molecular flexibility index (Phi) is 8.17. The molecule has 12 rings (SSSR count). The molecule has 0 radical (unpaired) electrons.